The molecule has 4 heterocycles. The third-order valence-corrected chi connectivity index (χ3v) is 6.51. The summed E-state index contributed by atoms with van der Waals surface area (Å²) in [6.45, 7) is 11.3. The second kappa shape index (κ2) is 10.5. The molecule has 0 saturated carbocycles. The quantitative estimate of drug-likeness (QED) is 0.626. The Morgan fingerprint density at radius 3 is 2.31 bits per heavy atom. The molecule has 0 spiro atoms. The molecule has 8 heteroatoms. The molecule has 0 aromatic carbocycles. The molecular formula is C24H36N6OS. The number of aromatic nitrogens is 2. The summed E-state index contributed by atoms with van der Waals surface area (Å²) in [4.78, 5) is 14.5. The molecule has 0 aliphatic carbocycles. The number of aryl methyl sites for hydroxylation is 1. The van der Waals surface area contributed by atoms with Crippen LogP contribution in [0.3, 0.4) is 0 Å². The van der Waals surface area contributed by atoms with Crippen LogP contribution in [-0.4, -0.2) is 41.3 Å². The van der Waals surface area contributed by atoms with Crippen molar-refractivity contribution < 1.29 is 4.42 Å². The largest absolute Gasteiger partial charge is 0.465 e. The molecule has 0 amide bonds. The number of hydrogen-bond donors (Lipinski definition) is 2. The van der Waals surface area contributed by atoms with Crippen LogP contribution in [0, 0.1) is 18.8 Å². The Kier molecular flexibility index (Phi) is 7.50. The molecule has 2 fully saturated rings. The van der Waals surface area contributed by atoms with Crippen LogP contribution >= 0.6 is 12.2 Å². The number of rotatable bonds is 5. The molecular weight excluding hydrogens is 420 g/mol. The Hall–Kier alpha value is -2.35. The third kappa shape index (κ3) is 6.12. The molecule has 2 aliphatic heterocycles. The summed E-state index contributed by atoms with van der Waals surface area (Å²) in [6.07, 6.45) is 6.28. The first-order valence-corrected chi connectivity index (χ1v) is 12.4. The van der Waals surface area contributed by atoms with Crippen LogP contribution in [0.4, 0.5) is 17.6 Å². The predicted octanol–water partition coefficient (Wildman–Crippen LogP) is 4.73. The van der Waals surface area contributed by atoms with Gasteiger partial charge in [0.05, 0.1) is 6.54 Å². The van der Waals surface area contributed by atoms with Crippen LogP contribution in [-0.2, 0) is 6.54 Å². The summed E-state index contributed by atoms with van der Waals surface area (Å²) in [5, 5.41) is 6.92. The predicted molar refractivity (Wildman–Crippen MR) is 134 cm³/mol. The highest BCUT2D eigenvalue weighted by Crippen LogP contribution is 2.29. The highest BCUT2D eigenvalue weighted by molar-refractivity contribution is 7.80. The van der Waals surface area contributed by atoms with Crippen LogP contribution in [0.15, 0.2) is 22.6 Å². The SMILES string of the molecule is Cc1ccc(CNC(=S)Nc2nc(N3CCCCCC3)cc(N3C[C@H](C)C[C@H](C)C3)n2)o1. The molecule has 2 atom stereocenters. The van der Waals surface area contributed by atoms with Crippen molar-refractivity contribution in [1.82, 2.24) is 15.3 Å². The van der Waals surface area contributed by atoms with Gasteiger partial charge in [-0.05, 0) is 62.4 Å². The molecule has 0 unspecified atom stereocenters. The van der Waals surface area contributed by atoms with E-state index in [1.54, 1.807) is 0 Å². The number of hydrogen-bond acceptors (Lipinski definition) is 6. The van der Waals surface area contributed by atoms with Gasteiger partial charge in [-0.3, -0.25) is 0 Å². The minimum absolute atomic E-state index is 0.499. The van der Waals surface area contributed by atoms with Crippen molar-refractivity contribution in [2.24, 2.45) is 11.8 Å². The topological polar surface area (TPSA) is 69.5 Å². The van der Waals surface area contributed by atoms with Gasteiger partial charge in [0, 0.05) is 32.2 Å². The summed E-state index contributed by atoms with van der Waals surface area (Å²) in [6, 6.07) is 6.08. The van der Waals surface area contributed by atoms with Crippen molar-refractivity contribution in [2.45, 2.75) is 59.4 Å². The highest BCUT2D eigenvalue weighted by atomic mass is 32.1. The third-order valence-electron chi connectivity index (χ3n) is 6.27. The minimum atomic E-state index is 0.499. The summed E-state index contributed by atoms with van der Waals surface area (Å²) in [5.41, 5.74) is 0. The molecule has 2 saturated heterocycles. The van der Waals surface area contributed by atoms with Gasteiger partial charge in [0.25, 0.3) is 0 Å². The van der Waals surface area contributed by atoms with Gasteiger partial charge in [0.2, 0.25) is 5.95 Å². The molecule has 4 rings (SSSR count). The average Bonchev–Trinajstić information content (AvgIpc) is 2.99. The standard InChI is InChI=1S/C24H36N6OS/c1-17-12-18(2)16-30(15-17)22-13-21(29-10-6-4-5-7-11-29)26-23(27-22)28-24(32)25-14-20-9-8-19(3)31-20/h8-9,13,17-18H,4-7,10-12,14-16H2,1-3H3,(H2,25,26,27,28,32)/t17-,18+. The van der Waals surface area contributed by atoms with Gasteiger partial charge in [-0.25, -0.2) is 0 Å². The lowest BCUT2D eigenvalue weighted by molar-refractivity contribution is 0.355. The summed E-state index contributed by atoms with van der Waals surface area (Å²) in [5.74, 6) is 5.60. The van der Waals surface area contributed by atoms with E-state index in [4.69, 9.17) is 26.6 Å². The van der Waals surface area contributed by atoms with E-state index in [0.717, 1.165) is 49.3 Å². The molecule has 174 valence electrons. The zero-order valence-electron chi connectivity index (χ0n) is 19.6. The summed E-state index contributed by atoms with van der Waals surface area (Å²) in [7, 11) is 0. The number of thiocarbonyl (C=S) groups is 1. The Balaban J connectivity index is 1.52. The van der Waals surface area contributed by atoms with E-state index >= 15 is 0 Å². The molecule has 2 N–H and O–H groups in total. The van der Waals surface area contributed by atoms with Gasteiger partial charge in [-0.1, -0.05) is 26.7 Å². The van der Waals surface area contributed by atoms with Crippen molar-refractivity contribution in [3.8, 4) is 0 Å². The van der Waals surface area contributed by atoms with Gasteiger partial charge in [0.15, 0.2) is 5.11 Å². The molecule has 0 bridgehead atoms. The fourth-order valence-corrected chi connectivity index (χ4v) is 5.01. The highest BCUT2D eigenvalue weighted by Gasteiger charge is 2.24. The molecule has 0 radical (unpaired) electrons. The van der Waals surface area contributed by atoms with Crippen LogP contribution in [0.2, 0.25) is 0 Å². The van der Waals surface area contributed by atoms with E-state index in [1.165, 1.54) is 32.1 Å². The van der Waals surface area contributed by atoms with Gasteiger partial charge in [-0.15, -0.1) is 0 Å². The lowest BCUT2D eigenvalue weighted by Gasteiger charge is -2.36. The molecule has 2 aromatic heterocycles. The van der Waals surface area contributed by atoms with Gasteiger partial charge in [0.1, 0.15) is 23.2 Å². The lowest BCUT2D eigenvalue weighted by atomic mass is 9.92. The molecule has 7 nitrogen and oxygen atoms in total. The van der Waals surface area contributed by atoms with Crippen LogP contribution in [0.25, 0.3) is 0 Å². The second-order valence-electron chi connectivity index (χ2n) is 9.48. The molecule has 2 aromatic rings. The van der Waals surface area contributed by atoms with Crippen molar-refractivity contribution in [3.05, 3.63) is 29.7 Å². The first kappa shape index (κ1) is 22.8. The Bertz CT molecular complexity index is 898. The van der Waals surface area contributed by atoms with Crippen molar-refractivity contribution in [3.63, 3.8) is 0 Å². The van der Waals surface area contributed by atoms with E-state index in [0.29, 0.717) is 29.4 Å². The maximum atomic E-state index is 5.62. The van der Waals surface area contributed by atoms with Gasteiger partial charge >= 0.3 is 0 Å². The smallest absolute Gasteiger partial charge is 0.232 e. The van der Waals surface area contributed by atoms with Gasteiger partial charge < -0.3 is 24.9 Å². The van der Waals surface area contributed by atoms with Crippen LogP contribution < -0.4 is 20.4 Å². The molecule has 2 aliphatic rings. The zero-order valence-corrected chi connectivity index (χ0v) is 20.4. The zero-order chi connectivity index (χ0) is 22.5. The van der Waals surface area contributed by atoms with Crippen LogP contribution in [0.5, 0.6) is 0 Å². The lowest BCUT2D eigenvalue weighted by Crippen LogP contribution is -2.39. The van der Waals surface area contributed by atoms with E-state index in [-0.39, 0.29) is 0 Å². The average molecular weight is 457 g/mol. The summed E-state index contributed by atoms with van der Waals surface area (Å²) >= 11 is 5.53. The van der Waals surface area contributed by atoms with E-state index in [9.17, 15) is 0 Å². The minimum Gasteiger partial charge on any atom is -0.465 e. The van der Waals surface area contributed by atoms with Crippen molar-refractivity contribution in [1.29, 1.82) is 0 Å². The number of furan rings is 1. The van der Waals surface area contributed by atoms with Crippen molar-refractivity contribution in [2.75, 3.05) is 41.3 Å². The normalized spacial score (nSPS) is 21.8. The second-order valence-corrected chi connectivity index (χ2v) is 9.89. The van der Waals surface area contributed by atoms with Gasteiger partial charge in [-0.2, -0.15) is 9.97 Å². The Morgan fingerprint density at radius 1 is 1.03 bits per heavy atom. The molecule has 32 heavy (non-hydrogen) atoms. The maximum Gasteiger partial charge on any atom is 0.232 e. The van der Waals surface area contributed by atoms with Crippen LogP contribution in [0.1, 0.15) is 57.5 Å². The number of anilines is 3. The monoisotopic (exact) mass is 456 g/mol. The summed E-state index contributed by atoms with van der Waals surface area (Å²) < 4.78 is 5.62. The van der Waals surface area contributed by atoms with E-state index in [2.05, 4.69) is 40.3 Å². The first-order valence-electron chi connectivity index (χ1n) is 12.0. The van der Waals surface area contributed by atoms with Crippen molar-refractivity contribution >= 4 is 34.9 Å². The number of nitrogens with zero attached hydrogens (tertiary/aromatic N) is 4. The fourth-order valence-electron chi connectivity index (χ4n) is 4.84. The maximum absolute atomic E-state index is 5.62. The Morgan fingerprint density at radius 2 is 1.69 bits per heavy atom. The Labute approximate surface area is 197 Å². The fraction of sp³-hybridized carbons (Fsp3) is 0.625. The van der Waals surface area contributed by atoms with E-state index in [1.807, 2.05) is 19.1 Å². The number of nitrogens with one attached hydrogen (secondary N) is 2. The van der Waals surface area contributed by atoms with E-state index < -0.39 is 0 Å². The number of piperidine rings is 1. The first-order chi connectivity index (χ1) is 15.5.